The second kappa shape index (κ2) is 7.11. The first-order valence-electron chi connectivity index (χ1n) is 6.66. The molecule has 1 aliphatic heterocycles. The van der Waals surface area contributed by atoms with E-state index in [1.54, 1.807) is 23.1 Å². The number of nitrogens with zero attached hydrogens (tertiary/aromatic N) is 2. The van der Waals surface area contributed by atoms with Gasteiger partial charge in [-0.1, -0.05) is 29.3 Å². The van der Waals surface area contributed by atoms with Crippen LogP contribution >= 0.6 is 23.2 Å². The van der Waals surface area contributed by atoms with Crippen LogP contribution in [0, 0.1) is 0 Å². The fourth-order valence-electron chi connectivity index (χ4n) is 2.27. The molecule has 1 fully saturated rings. The molecular weight excluding hydrogens is 315 g/mol. The molecule has 1 saturated heterocycles. The molecule has 1 amide bonds. The lowest BCUT2D eigenvalue weighted by atomic mass is 10.1. The Morgan fingerprint density at radius 1 is 1.14 bits per heavy atom. The van der Waals surface area contributed by atoms with Gasteiger partial charge in [-0.2, -0.15) is 0 Å². The SMILES string of the molecule is O=C(O)CCN1CCN(C(=O)c2cccc(Cl)c2Cl)CC1. The van der Waals surface area contributed by atoms with Crippen LogP contribution in [0.5, 0.6) is 0 Å². The van der Waals surface area contributed by atoms with E-state index < -0.39 is 5.97 Å². The summed E-state index contributed by atoms with van der Waals surface area (Å²) in [6, 6.07) is 5.00. The largest absolute Gasteiger partial charge is 0.481 e. The highest BCUT2D eigenvalue weighted by atomic mass is 35.5. The predicted molar refractivity (Wildman–Crippen MR) is 81.1 cm³/mol. The number of halogens is 2. The molecule has 1 N–H and O–H groups in total. The first-order chi connectivity index (χ1) is 9.99. The number of carboxylic acids is 1. The van der Waals surface area contributed by atoms with Gasteiger partial charge < -0.3 is 10.0 Å². The molecule has 5 nitrogen and oxygen atoms in total. The number of hydrogen-bond donors (Lipinski definition) is 1. The molecule has 0 spiro atoms. The van der Waals surface area contributed by atoms with Gasteiger partial charge in [0, 0.05) is 32.7 Å². The Morgan fingerprint density at radius 3 is 2.43 bits per heavy atom. The third-order valence-electron chi connectivity index (χ3n) is 3.48. The van der Waals surface area contributed by atoms with Crippen LogP contribution in [0.3, 0.4) is 0 Å². The topological polar surface area (TPSA) is 60.9 Å². The molecule has 0 aliphatic carbocycles. The average molecular weight is 331 g/mol. The molecule has 0 saturated carbocycles. The summed E-state index contributed by atoms with van der Waals surface area (Å²) in [5.41, 5.74) is 0.406. The van der Waals surface area contributed by atoms with Crippen molar-refractivity contribution in [3.05, 3.63) is 33.8 Å². The maximum absolute atomic E-state index is 12.4. The van der Waals surface area contributed by atoms with Gasteiger partial charge in [-0.3, -0.25) is 14.5 Å². The van der Waals surface area contributed by atoms with Crippen molar-refractivity contribution in [3.63, 3.8) is 0 Å². The van der Waals surface area contributed by atoms with E-state index in [0.717, 1.165) is 0 Å². The first kappa shape index (κ1) is 16.1. The van der Waals surface area contributed by atoms with Crippen molar-refractivity contribution in [2.75, 3.05) is 32.7 Å². The average Bonchev–Trinajstić information content (AvgIpc) is 2.48. The van der Waals surface area contributed by atoms with E-state index in [1.165, 1.54) is 0 Å². The summed E-state index contributed by atoms with van der Waals surface area (Å²) in [5, 5.41) is 9.31. The lowest BCUT2D eigenvalue weighted by Crippen LogP contribution is -2.49. The Morgan fingerprint density at radius 2 is 1.81 bits per heavy atom. The van der Waals surface area contributed by atoms with Crippen LogP contribution in [-0.4, -0.2) is 59.5 Å². The van der Waals surface area contributed by atoms with E-state index in [4.69, 9.17) is 28.3 Å². The van der Waals surface area contributed by atoms with Gasteiger partial charge in [-0.05, 0) is 12.1 Å². The lowest BCUT2D eigenvalue weighted by Gasteiger charge is -2.34. The summed E-state index contributed by atoms with van der Waals surface area (Å²) in [5.74, 6) is -0.945. The lowest BCUT2D eigenvalue weighted by molar-refractivity contribution is -0.137. The van der Waals surface area contributed by atoms with Gasteiger partial charge in [0.05, 0.1) is 22.0 Å². The predicted octanol–water partition coefficient (Wildman–Crippen LogP) is 2.23. The molecule has 1 aliphatic rings. The highest BCUT2D eigenvalue weighted by molar-refractivity contribution is 6.43. The monoisotopic (exact) mass is 330 g/mol. The van der Waals surface area contributed by atoms with Crippen LogP contribution in [0.1, 0.15) is 16.8 Å². The molecule has 114 valence electrons. The zero-order valence-electron chi connectivity index (χ0n) is 11.4. The van der Waals surface area contributed by atoms with Crippen LogP contribution < -0.4 is 0 Å². The fourth-order valence-corrected chi connectivity index (χ4v) is 2.65. The third kappa shape index (κ3) is 4.09. The summed E-state index contributed by atoms with van der Waals surface area (Å²) in [6.45, 7) is 2.95. The van der Waals surface area contributed by atoms with Crippen molar-refractivity contribution in [1.29, 1.82) is 0 Å². The molecule has 21 heavy (non-hydrogen) atoms. The maximum Gasteiger partial charge on any atom is 0.304 e. The zero-order valence-corrected chi connectivity index (χ0v) is 12.9. The van der Waals surface area contributed by atoms with E-state index in [9.17, 15) is 9.59 Å². The first-order valence-corrected chi connectivity index (χ1v) is 7.42. The van der Waals surface area contributed by atoms with E-state index in [2.05, 4.69) is 0 Å². The highest BCUT2D eigenvalue weighted by Crippen LogP contribution is 2.26. The Bertz CT molecular complexity index is 543. The van der Waals surface area contributed by atoms with Gasteiger partial charge in [-0.25, -0.2) is 0 Å². The van der Waals surface area contributed by atoms with Crippen molar-refractivity contribution in [2.45, 2.75) is 6.42 Å². The number of hydrogen-bond acceptors (Lipinski definition) is 3. The van der Waals surface area contributed by atoms with Crippen molar-refractivity contribution >= 4 is 35.1 Å². The van der Waals surface area contributed by atoms with Gasteiger partial charge in [0.15, 0.2) is 0 Å². The minimum Gasteiger partial charge on any atom is -0.481 e. The van der Waals surface area contributed by atoms with Crippen LogP contribution in [0.2, 0.25) is 10.0 Å². The van der Waals surface area contributed by atoms with Crippen molar-refractivity contribution < 1.29 is 14.7 Å². The summed E-state index contributed by atoms with van der Waals surface area (Å²) in [6.07, 6.45) is 0.119. The molecule has 2 rings (SSSR count). The van der Waals surface area contributed by atoms with Crippen molar-refractivity contribution in [1.82, 2.24) is 9.80 Å². The Hall–Kier alpha value is -1.30. The summed E-state index contributed by atoms with van der Waals surface area (Å²) < 4.78 is 0. The summed E-state index contributed by atoms with van der Waals surface area (Å²) in [4.78, 5) is 26.7. The second-order valence-corrected chi connectivity index (χ2v) is 5.66. The summed E-state index contributed by atoms with van der Waals surface area (Å²) >= 11 is 12.0. The van der Waals surface area contributed by atoms with Crippen molar-refractivity contribution in [3.8, 4) is 0 Å². The molecule has 1 heterocycles. The number of piperazine rings is 1. The molecule has 0 radical (unpaired) electrons. The van der Waals surface area contributed by atoms with Gasteiger partial charge in [0.25, 0.3) is 5.91 Å². The van der Waals surface area contributed by atoms with Crippen LogP contribution in [0.4, 0.5) is 0 Å². The van der Waals surface area contributed by atoms with Crippen LogP contribution in [0.15, 0.2) is 18.2 Å². The number of carbonyl (C=O) groups excluding carboxylic acids is 1. The van der Waals surface area contributed by atoms with Crippen LogP contribution in [0.25, 0.3) is 0 Å². The number of aliphatic carboxylic acids is 1. The van der Waals surface area contributed by atoms with Gasteiger partial charge >= 0.3 is 5.97 Å². The normalized spacial score (nSPS) is 16.0. The molecule has 0 unspecified atom stereocenters. The van der Waals surface area contributed by atoms with Crippen molar-refractivity contribution in [2.24, 2.45) is 0 Å². The minimum absolute atomic E-state index is 0.119. The van der Waals surface area contributed by atoms with Crippen LogP contribution in [-0.2, 0) is 4.79 Å². The van der Waals surface area contributed by atoms with E-state index in [-0.39, 0.29) is 17.4 Å². The maximum atomic E-state index is 12.4. The quantitative estimate of drug-likeness (QED) is 0.919. The Balaban J connectivity index is 1.94. The Kier molecular flexibility index (Phi) is 5.45. The highest BCUT2D eigenvalue weighted by Gasteiger charge is 2.24. The zero-order chi connectivity index (χ0) is 15.4. The minimum atomic E-state index is -0.806. The smallest absolute Gasteiger partial charge is 0.304 e. The summed E-state index contributed by atoms with van der Waals surface area (Å²) in [7, 11) is 0. The molecule has 7 heteroatoms. The van der Waals surface area contributed by atoms with E-state index in [1.807, 2.05) is 4.90 Å². The molecule has 0 bridgehead atoms. The number of benzene rings is 1. The second-order valence-electron chi connectivity index (χ2n) is 4.88. The molecule has 1 aromatic carbocycles. The number of amides is 1. The standard InChI is InChI=1S/C14H16Cl2N2O3/c15-11-3-1-2-10(13(11)16)14(21)18-8-6-17(7-9-18)5-4-12(19)20/h1-3H,4-9H2,(H,19,20). The molecule has 1 aromatic rings. The number of rotatable bonds is 4. The van der Waals surface area contributed by atoms with E-state index in [0.29, 0.717) is 43.3 Å². The molecular formula is C14H16Cl2N2O3. The Labute approximate surface area is 133 Å². The third-order valence-corrected chi connectivity index (χ3v) is 4.30. The number of carbonyl (C=O) groups is 2. The van der Waals surface area contributed by atoms with E-state index >= 15 is 0 Å². The molecule has 0 atom stereocenters. The number of carboxylic acid groups (broad SMARTS) is 1. The van der Waals surface area contributed by atoms with Gasteiger partial charge in [0.2, 0.25) is 0 Å². The fraction of sp³-hybridized carbons (Fsp3) is 0.429. The van der Waals surface area contributed by atoms with Gasteiger partial charge in [0.1, 0.15) is 0 Å². The van der Waals surface area contributed by atoms with Gasteiger partial charge in [-0.15, -0.1) is 0 Å². The molecule has 0 aromatic heterocycles.